The normalized spacial score (nSPS) is 15.2. The molecule has 2 aliphatic heterocycles. The number of aryl methyl sites for hydroxylation is 2. The number of aliphatic hydroxyl groups excluding tert-OH is 1. The molecule has 196 valence electrons. The van der Waals surface area contributed by atoms with Gasteiger partial charge in [-0.2, -0.15) is 0 Å². The molecule has 2 aromatic carbocycles. The quantitative estimate of drug-likeness (QED) is 0.304. The van der Waals surface area contributed by atoms with E-state index in [4.69, 9.17) is 4.74 Å². The van der Waals surface area contributed by atoms with E-state index in [1.807, 2.05) is 24.5 Å². The fourth-order valence-electron chi connectivity index (χ4n) is 4.77. The van der Waals surface area contributed by atoms with Gasteiger partial charge >= 0.3 is 0 Å². The molecule has 1 atom stereocenters. The number of rotatable bonds is 15. The summed E-state index contributed by atoms with van der Waals surface area (Å²) in [5.74, 6) is 0.544. The Morgan fingerprint density at radius 1 is 1.08 bits per heavy atom. The Kier molecular flexibility index (Phi) is 9.55. The van der Waals surface area contributed by atoms with Gasteiger partial charge in [-0.15, -0.1) is 0 Å². The van der Waals surface area contributed by atoms with Crippen LogP contribution in [0.1, 0.15) is 63.0 Å². The number of unbranched alkanes of at least 4 members (excludes halogenated alkanes) is 2. The zero-order chi connectivity index (χ0) is 26.0. The van der Waals surface area contributed by atoms with Crippen LogP contribution in [0.5, 0.6) is 11.5 Å². The van der Waals surface area contributed by atoms with Crippen LogP contribution in [-0.2, 0) is 17.6 Å². The molecule has 2 heterocycles. The Morgan fingerprint density at radius 3 is 2.73 bits per heavy atom. The number of carbonyl (C=O) groups excluding carboxylic acids is 1. The Hall–Kier alpha value is -3.38. The minimum atomic E-state index is -0.551. The molecule has 0 unspecified atom stereocenters. The van der Waals surface area contributed by atoms with Gasteiger partial charge in [-0.3, -0.25) is 9.79 Å². The Morgan fingerprint density at radius 2 is 1.92 bits per heavy atom. The minimum Gasteiger partial charge on any atom is -0.504 e. The van der Waals surface area contributed by atoms with Crippen LogP contribution in [0.4, 0.5) is 0 Å². The molecule has 0 bridgehead atoms. The number of phenols is 1. The summed E-state index contributed by atoms with van der Waals surface area (Å²) in [6.45, 7) is 3.15. The molecule has 0 fully saturated rings. The standard InChI is InChI=1S/C31H38N2O4/c1-2-3-5-10-26(34)18-27(35)15-12-24-13-16-30(36)31(17-24)37-22-33-20-28-25(19-32-29(28)21-33)14-11-23-8-6-4-7-9-23/h4,6-9,13,16-17,19,21,26,34,36H,2-3,5,10-12,14-15,18,20,22H2,1H3/t26-/m1/s1. The molecule has 2 N–H and O–H groups in total. The second-order valence-corrected chi connectivity index (χ2v) is 9.98. The van der Waals surface area contributed by atoms with Gasteiger partial charge in [0.1, 0.15) is 5.78 Å². The lowest BCUT2D eigenvalue weighted by atomic mass is 10.0. The summed E-state index contributed by atoms with van der Waals surface area (Å²) in [5, 5.41) is 20.4. The van der Waals surface area contributed by atoms with Gasteiger partial charge in [0.2, 0.25) is 0 Å². The van der Waals surface area contributed by atoms with Crippen molar-refractivity contribution in [2.45, 2.75) is 70.8 Å². The van der Waals surface area contributed by atoms with Crippen LogP contribution in [0.15, 0.2) is 76.6 Å². The van der Waals surface area contributed by atoms with E-state index < -0.39 is 6.10 Å². The number of aliphatic imine (C=N–C) groups is 1. The minimum absolute atomic E-state index is 0.0617. The Balaban J connectivity index is 1.25. The van der Waals surface area contributed by atoms with Crippen LogP contribution >= 0.6 is 0 Å². The summed E-state index contributed by atoms with van der Waals surface area (Å²) in [7, 11) is 0. The van der Waals surface area contributed by atoms with Crippen molar-refractivity contribution in [2.24, 2.45) is 4.99 Å². The number of carbonyl (C=O) groups is 1. The van der Waals surface area contributed by atoms with Crippen LogP contribution in [-0.4, -0.2) is 46.5 Å². The second-order valence-electron chi connectivity index (χ2n) is 9.98. The average Bonchev–Trinajstić information content (AvgIpc) is 3.47. The predicted molar refractivity (Wildman–Crippen MR) is 147 cm³/mol. The van der Waals surface area contributed by atoms with Crippen LogP contribution < -0.4 is 4.74 Å². The van der Waals surface area contributed by atoms with Crippen molar-refractivity contribution < 1.29 is 19.7 Å². The number of ketones is 1. The maximum Gasteiger partial charge on any atom is 0.163 e. The lowest BCUT2D eigenvalue weighted by Crippen LogP contribution is -2.21. The van der Waals surface area contributed by atoms with Gasteiger partial charge < -0.3 is 19.8 Å². The first-order valence-electron chi connectivity index (χ1n) is 13.4. The molecular formula is C31H38N2O4. The SMILES string of the molecule is CCCCC[C@@H](O)CC(=O)CCc1ccc(O)c(OCN2C=C3N=CC(CCc4ccccc4)=C3C2)c1. The Labute approximate surface area is 220 Å². The zero-order valence-corrected chi connectivity index (χ0v) is 21.7. The van der Waals surface area contributed by atoms with Crippen molar-refractivity contribution in [3.8, 4) is 11.5 Å². The van der Waals surface area contributed by atoms with E-state index >= 15 is 0 Å². The molecular weight excluding hydrogens is 464 g/mol. The smallest absolute Gasteiger partial charge is 0.163 e. The molecule has 37 heavy (non-hydrogen) atoms. The molecule has 6 nitrogen and oxygen atoms in total. The van der Waals surface area contributed by atoms with Gasteiger partial charge in [0, 0.05) is 37.4 Å². The number of nitrogens with zero attached hydrogens (tertiary/aromatic N) is 2. The van der Waals surface area contributed by atoms with Crippen molar-refractivity contribution in [1.29, 1.82) is 0 Å². The molecule has 2 aliphatic rings. The maximum atomic E-state index is 12.3. The van der Waals surface area contributed by atoms with Gasteiger partial charge in [-0.25, -0.2) is 0 Å². The van der Waals surface area contributed by atoms with Crippen molar-refractivity contribution in [2.75, 3.05) is 13.3 Å². The van der Waals surface area contributed by atoms with Gasteiger partial charge in [0.25, 0.3) is 0 Å². The van der Waals surface area contributed by atoms with Crippen molar-refractivity contribution in [3.63, 3.8) is 0 Å². The molecule has 0 radical (unpaired) electrons. The van der Waals surface area contributed by atoms with Gasteiger partial charge in [0.15, 0.2) is 18.2 Å². The number of aliphatic hydroxyl groups is 1. The number of hydrogen-bond acceptors (Lipinski definition) is 6. The first-order valence-corrected chi connectivity index (χ1v) is 13.4. The lowest BCUT2D eigenvalue weighted by Gasteiger charge is -2.18. The van der Waals surface area contributed by atoms with Gasteiger partial charge in [0.05, 0.1) is 11.8 Å². The average molecular weight is 503 g/mol. The van der Waals surface area contributed by atoms with Crippen molar-refractivity contribution >= 4 is 12.0 Å². The van der Waals surface area contributed by atoms with Crippen LogP contribution in [0, 0.1) is 0 Å². The fraction of sp³-hybridized carbons (Fsp3) is 0.419. The maximum absolute atomic E-state index is 12.3. The second kappa shape index (κ2) is 13.2. The Bertz CT molecular complexity index is 1150. The molecule has 0 saturated heterocycles. The zero-order valence-electron chi connectivity index (χ0n) is 21.7. The highest BCUT2D eigenvalue weighted by atomic mass is 16.5. The monoisotopic (exact) mass is 502 g/mol. The topological polar surface area (TPSA) is 82.4 Å². The number of Topliss-reactive ketones (excluding diaryl/α,β-unsaturated/α-hetero) is 1. The number of aromatic hydroxyl groups is 1. The number of ether oxygens (including phenoxy) is 1. The molecule has 4 rings (SSSR count). The number of fused-ring (bicyclic) bond motifs is 1. The highest BCUT2D eigenvalue weighted by Crippen LogP contribution is 2.32. The summed E-state index contributed by atoms with van der Waals surface area (Å²) < 4.78 is 5.95. The lowest BCUT2D eigenvalue weighted by molar-refractivity contribution is -0.121. The summed E-state index contributed by atoms with van der Waals surface area (Å²) in [4.78, 5) is 18.9. The van der Waals surface area contributed by atoms with Gasteiger partial charge in [-0.05, 0) is 54.5 Å². The number of phenolic OH excluding ortho intramolecular Hbond substituents is 1. The van der Waals surface area contributed by atoms with E-state index in [-0.39, 0.29) is 18.0 Å². The van der Waals surface area contributed by atoms with Crippen LogP contribution in [0.3, 0.4) is 0 Å². The first-order chi connectivity index (χ1) is 18.0. The van der Waals surface area contributed by atoms with E-state index in [1.54, 1.807) is 12.1 Å². The largest absolute Gasteiger partial charge is 0.504 e. The van der Waals surface area contributed by atoms with Crippen molar-refractivity contribution in [1.82, 2.24) is 4.90 Å². The van der Waals surface area contributed by atoms with E-state index in [9.17, 15) is 15.0 Å². The first kappa shape index (κ1) is 26.7. The summed E-state index contributed by atoms with van der Waals surface area (Å²) in [6, 6.07) is 15.7. The summed E-state index contributed by atoms with van der Waals surface area (Å²) >= 11 is 0. The highest BCUT2D eigenvalue weighted by Gasteiger charge is 2.24. The third-order valence-corrected chi connectivity index (χ3v) is 6.95. The van der Waals surface area contributed by atoms with Gasteiger partial charge in [-0.1, -0.05) is 62.6 Å². The summed E-state index contributed by atoms with van der Waals surface area (Å²) in [5.41, 5.74) is 5.74. The molecule has 0 aliphatic carbocycles. The van der Waals surface area contributed by atoms with E-state index in [0.29, 0.717) is 31.7 Å². The van der Waals surface area contributed by atoms with E-state index in [1.165, 1.54) is 16.7 Å². The summed E-state index contributed by atoms with van der Waals surface area (Å²) in [6.07, 6.45) is 10.3. The van der Waals surface area contributed by atoms with Crippen LogP contribution in [0.25, 0.3) is 0 Å². The predicted octanol–water partition coefficient (Wildman–Crippen LogP) is 5.73. The molecule has 0 spiro atoms. The number of benzene rings is 2. The van der Waals surface area contributed by atoms with Crippen molar-refractivity contribution in [3.05, 3.63) is 82.7 Å². The molecule has 0 saturated carbocycles. The number of hydrogen-bond donors (Lipinski definition) is 2. The van der Waals surface area contributed by atoms with Crippen LogP contribution in [0.2, 0.25) is 0 Å². The fourth-order valence-corrected chi connectivity index (χ4v) is 4.77. The van der Waals surface area contributed by atoms with E-state index in [2.05, 4.69) is 41.1 Å². The molecule has 0 amide bonds. The highest BCUT2D eigenvalue weighted by molar-refractivity contribution is 5.87. The van der Waals surface area contributed by atoms with E-state index in [0.717, 1.165) is 49.9 Å². The third-order valence-electron chi connectivity index (χ3n) is 6.95. The third kappa shape index (κ3) is 7.80. The molecule has 6 heteroatoms. The number of allylic oxidation sites excluding steroid dienone is 1. The molecule has 2 aromatic rings. The molecule has 0 aromatic heterocycles.